The molecule has 2 rings (SSSR count). The second-order valence-electron chi connectivity index (χ2n) is 4.70. The quantitative estimate of drug-likeness (QED) is 0.804. The van der Waals surface area contributed by atoms with E-state index in [0.29, 0.717) is 11.5 Å². The highest BCUT2D eigenvalue weighted by Crippen LogP contribution is 2.27. The number of nitrogens with zero attached hydrogens (tertiary/aromatic N) is 4. The molecule has 0 saturated heterocycles. The molecular formula is C12H20N6. The number of imidazole rings is 2. The molecule has 6 heteroatoms. The highest BCUT2D eigenvalue weighted by Gasteiger charge is 2.19. The van der Waals surface area contributed by atoms with Crippen LogP contribution >= 0.6 is 0 Å². The van der Waals surface area contributed by atoms with Crippen molar-refractivity contribution in [3.05, 3.63) is 18.3 Å². The predicted octanol–water partition coefficient (Wildman–Crippen LogP) is 1.58. The first-order valence-electron chi connectivity index (χ1n) is 6.19. The van der Waals surface area contributed by atoms with Gasteiger partial charge in [-0.3, -0.25) is 0 Å². The fourth-order valence-corrected chi connectivity index (χ4v) is 2.00. The minimum absolute atomic E-state index is 0.230. The van der Waals surface area contributed by atoms with Gasteiger partial charge in [0.15, 0.2) is 5.82 Å². The van der Waals surface area contributed by atoms with Gasteiger partial charge in [0.2, 0.25) is 0 Å². The smallest absolute Gasteiger partial charge is 0.152 e. The third-order valence-corrected chi connectivity index (χ3v) is 2.91. The Hall–Kier alpha value is -1.98. The van der Waals surface area contributed by atoms with Gasteiger partial charge in [0.1, 0.15) is 11.5 Å². The molecule has 0 fully saturated rings. The molecule has 4 N–H and O–H groups in total. The van der Waals surface area contributed by atoms with Crippen LogP contribution in [0.3, 0.4) is 0 Å². The zero-order valence-corrected chi connectivity index (χ0v) is 11.1. The van der Waals surface area contributed by atoms with Crippen LogP contribution in [-0.4, -0.2) is 19.2 Å². The molecule has 2 aromatic heterocycles. The number of anilines is 1. The Morgan fingerprint density at radius 3 is 2.67 bits per heavy atom. The summed E-state index contributed by atoms with van der Waals surface area (Å²) in [5.74, 6) is 7.43. The molecule has 0 aliphatic carbocycles. The number of aryl methyl sites for hydroxylation is 1. The van der Waals surface area contributed by atoms with Crippen LogP contribution in [0.2, 0.25) is 0 Å². The molecule has 0 radical (unpaired) electrons. The van der Waals surface area contributed by atoms with Gasteiger partial charge in [-0.2, -0.15) is 0 Å². The molecule has 0 amide bonds. The highest BCUT2D eigenvalue weighted by atomic mass is 15.4. The van der Waals surface area contributed by atoms with E-state index in [2.05, 4.69) is 16.9 Å². The molecule has 98 valence electrons. The normalized spacial score (nSPS) is 11.3. The molecule has 0 spiro atoms. The van der Waals surface area contributed by atoms with Crippen LogP contribution in [-0.2, 0) is 6.54 Å². The highest BCUT2D eigenvalue weighted by molar-refractivity contribution is 5.68. The van der Waals surface area contributed by atoms with E-state index < -0.39 is 0 Å². The fourth-order valence-electron chi connectivity index (χ4n) is 2.00. The summed E-state index contributed by atoms with van der Waals surface area (Å²) in [5.41, 5.74) is 7.66. The number of aromatic nitrogens is 4. The topological polar surface area (TPSA) is 87.7 Å². The van der Waals surface area contributed by atoms with Crippen LogP contribution in [0.1, 0.15) is 38.9 Å². The predicted molar refractivity (Wildman–Crippen MR) is 72.4 cm³/mol. The van der Waals surface area contributed by atoms with E-state index in [4.69, 9.17) is 11.6 Å². The van der Waals surface area contributed by atoms with Gasteiger partial charge >= 0.3 is 0 Å². The van der Waals surface area contributed by atoms with E-state index in [1.807, 2.05) is 18.4 Å². The van der Waals surface area contributed by atoms with Gasteiger partial charge in [-0.15, -0.1) is 0 Å². The maximum Gasteiger partial charge on any atom is 0.152 e. The van der Waals surface area contributed by atoms with Crippen molar-refractivity contribution in [2.45, 2.75) is 39.7 Å². The number of nitrogens with two attached hydrogens (primary N) is 2. The molecule has 18 heavy (non-hydrogen) atoms. The maximum absolute atomic E-state index is 6.03. The Kier molecular flexibility index (Phi) is 3.27. The Labute approximate surface area is 107 Å². The first-order chi connectivity index (χ1) is 8.56. The average Bonchev–Trinajstić information content (AvgIpc) is 2.87. The van der Waals surface area contributed by atoms with E-state index >= 15 is 0 Å². The lowest BCUT2D eigenvalue weighted by Crippen LogP contribution is -2.16. The van der Waals surface area contributed by atoms with Crippen molar-refractivity contribution in [3.63, 3.8) is 0 Å². The van der Waals surface area contributed by atoms with Gasteiger partial charge in [0, 0.05) is 12.5 Å². The van der Waals surface area contributed by atoms with Crippen molar-refractivity contribution < 1.29 is 0 Å². The zero-order valence-electron chi connectivity index (χ0n) is 11.1. The number of rotatable bonds is 4. The van der Waals surface area contributed by atoms with Crippen molar-refractivity contribution in [1.82, 2.24) is 19.2 Å². The first kappa shape index (κ1) is 12.5. The Morgan fingerprint density at radius 1 is 1.39 bits per heavy atom. The largest absolute Gasteiger partial charge is 0.382 e. The van der Waals surface area contributed by atoms with Crippen molar-refractivity contribution in [3.8, 4) is 11.4 Å². The molecule has 2 aromatic rings. The first-order valence-corrected chi connectivity index (χ1v) is 6.19. The Bertz CT molecular complexity index is 537. The van der Waals surface area contributed by atoms with E-state index in [1.54, 1.807) is 12.5 Å². The summed E-state index contributed by atoms with van der Waals surface area (Å²) in [6, 6.07) is 0. The van der Waals surface area contributed by atoms with Crippen LogP contribution in [0.5, 0.6) is 0 Å². The number of hydrogen-bond donors (Lipinski definition) is 2. The lowest BCUT2D eigenvalue weighted by atomic mass is 10.2. The molecular weight excluding hydrogens is 228 g/mol. The number of hydrogen-bond acceptors (Lipinski definition) is 4. The summed E-state index contributed by atoms with van der Waals surface area (Å²) < 4.78 is 3.51. The zero-order chi connectivity index (χ0) is 13.3. The lowest BCUT2D eigenvalue weighted by Gasteiger charge is -2.05. The van der Waals surface area contributed by atoms with Crippen molar-refractivity contribution >= 4 is 5.82 Å². The maximum atomic E-state index is 6.03. The van der Waals surface area contributed by atoms with Crippen LogP contribution in [0.15, 0.2) is 12.5 Å². The van der Waals surface area contributed by atoms with Gasteiger partial charge in [-0.05, 0) is 6.42 Å². The SMILES string of the molecule is CCCn1cncc1-c1nc(C(C)C)n(N)c1N. The van der Waals surface area contributed by atoms with Crippen molar-refractivity contribution in [2.24, 2.45) is 0 Å². The van der Waals surface area contributed by atoms with Crippen LogP contribution in [0, 0.1) is 0 Å². The minimum atomic E-state index is 0.230. The third kappa shape index (κ3) is 1.94. The van der Waals surface area contributed by atoms with Gasteiger partial charge in [-0.1, -0.05) is 20.8 Å². The van der Waals surface area contributed by atoms with E-state index in [9.17, 15) is 0 Å². The molecule has 0 atom stereocenters. The lowest BCUT2D eigenvalue weighted by molar-refractivity contribution is 0.683. The summed E-state index contributed by atoms with van der Waals surface area (Å²) >= 11 is 0. The summed E-state index contributed by atoms with van der Waals surface area (Å²) in [5, 5.41) is 0. The molecule has 0 aliphatic rings. The monoisotopic (exact) mass is 248 g/mol. The van der Waals surface area contributed by atoms with Crippen LogP contribution < -0.4 is 11.6 Å². The average molecular weight is 248 g/mol. The van der Waals surface area contributed by atoms with Crippen LogP contribution in [0.25, 0.3) is 11.4 Å². The molecule has 0 saturated carbocycles. The standard InChI is InChI=1S/C12H20N6/c1-4-5-17-7-15-6-9(17)10-11(13)18(14)12(16-10)8(2)3/h6-8H,4-5,13-14H2,1-3H3. The van der Waals surface area contributed by atoms with Gasteiger partial charge in [-0.25, -0.2) is 14.6 Å². The minimum Gasteiger partial charge on any atom is -0.382 e. The summed E-state index contributed by atoms with van der Waals surface area (Å²) in [7, 11) is 0. The fraction of sp³-hybridized carbons (Fsp3) is 0.500. The number of nitrogen functional groups attached to an aromatic ring is 2. The van der Waals surface area contributed by atoms with E-state index in [1.165, 1.54) is 4.68 Å². The summed E-state index contributed by atoms with van der Waals surface area (Å²) in [6.07, 6.45) is 4.60. The molecule has 0 aromatic carbocycles. The molecule has 0 unspecified atom stereocenters. The van der Waals surface area contributed by atoms with Gasteiger partial charge in [0.05, 0.1) is 18.2 Å². The molecule has 0 aliphatic heterocycles. The van der Waals surface area contributed by atoms with Gasteiger partial charge < -0.3 is 16.1 Å². The van der Waals surface area contributed by atoms with E-state index in [-0.39, 0.29) is 5.92 Å². The summed E-state index contributed by atoms with van der Waals surface area (Å²) in [4.78, 5) is 8.71. The Morgan fingerprint density at radius 2 is 2.11 bits per heavy atom. The Balaban J connectivity index is 2.50. The second kappa shape index (κ2) is 4.72. The van der Waals surface area contributed by atoms with Crippen molar-refractivity contribution in [1.29, 1.82) is 0 Å². The second-order valence-corrected chi connectivity index (χ2v) is 4.70. The molecule has 0 bridgehead atoms. The van der Waals surface area contributed by atoms with Gasteiger partial charge in [0.25, 0.3) is 0 Å². The molecule has 2 heterocycles. The van der Waals surface area contributed by atoms with E-state index in [0.717, 1.165) is 24.5 Å². The molecule has 6 nitrogen and oxygen atoms in total. The third-order valence-electron chi connectivity index (χ3n) is 2.91. The van der Waals surface area contributed by atoms with Crippen LogP contribution in [0.4, 0.5) is 5.82 Å². The van der Waals surface area contributed by atoms with Crippen molar-refractivity contribution in [2.75, 3.05) is 11.6 Å². The summed E-state index contributed by atoms with van der Waals surface area (Å²) in [6.45, 7) is 7.09.